The van der Waals surface area contributed by atoms with Crippen LogP contribution < -0.4 is 0 Å². The summed E-state index contributed by atoms with van der Waals surface area (Å²) in [7, 11) is 0. The van der Waals surface area contributed by atoms with Crippen LogP contribution in [0.4, 0.5) is 4.79 Å². The summed E-state index contributed by atoms with van der Waals surface area (Å²) in [5, 5.41) is 18.2. The molecule has 2 rings (SSSR count). The lowest BCUT2D eigenvalue weighted by Gasteiger charge is -2.37. The predicted octanol–water partition coefficient (Wildman–Crippen LogP) is 1.72. The molecule has 1 heterocycles. The van der Waals surface area contributed by atoms with Crippen LogP contribution >= 0.6 is 0 Å². The van der Waals surface area contributed by atoms with Gasteiger partial charge in [0.2, 0.25) is 0 Å². The van der Waals surface area contributed by atoms with Crippen molar-refractivity contribution in [2.24, 2.45) is 5.92 Å². The first-order valence-electron chi connectivity index (χ1n) is 5.64. The smallest absolute Gasteiger partial charge is 0.407 e. The van der Waals surface area contributed by atoms with E-state index in [1.165, 1.54) is 4.90 Å². The molecule has 2 N–H and O–H groups in total. The Kier molecular flexibility index (Phi) is 2.92. The molecular weight excluding hydrogens is 222 g/mol. The molecule has 2 atom stereocenters. The van der Waals surface area contributed by atoms with Gasteiger partial charge in [-0.05, 0) is 30.9 Å². The molecule has 0 saturated carbocycles. The van der Waals surface area contributed by atoms with Gasteiger partial charge in [-0.1, -0.05) is 12.2 Å². The largest absolute Gasteiger partial charge is 0.481 e. The van der Waals surface area contributed by atoms with Crippen LogP contribution in [0.5, 0.6) is 0 Å². The molecule has 92 valence electrons. The number of carboxylic acids is 1. The van der Waals surface area contributed by atoms with E-state index in [0.29, 0.717) is 19.4 Å². The fraction of sp³-hybridized carbons (Fsp3) is 0.500. The summed E-state index contributed by atoms with van der Waals surface area (Å²) in [6, 6.07) is -0.255. The van der Waals surface area contributed by atoms with Gasteiger partial charge in [-0.2, -0.15) is 0 Å². The Labute approximate surface area is 99.0 Å². The van der Waals surface area contributed by atoms with Crippen molar-refractivity contribution in [2.45, 2.75) is 25.8 Å². The first kappa shape index (κ1) is 11.7. The van der Waals surface area contributed by atoms with E-state index in [0.717, 1.165) is 11.1 Å². The minimum atomic E-state index is -0.949. The highest BCUT2D eigenvalue weighted by molar-refractivity contribution is 5.76. The Morgan fingerprint density at radius 1 is 1.41 bits per heavy atom. The van der Waals surface area contributed by atoms with E-state index in [9.17, 15) is 9.59 Å². The molecule has 0 fully saturated rings. The SMILES string of the molecule is C[C@H]1C2=C(CCN1C(=O)O)C(C(=O)O)CC=C2. The van der Waals surface area contributed by atoms with E-state index in [1.54, 1.807) is 6.92 Å². The van der Waals surface area contributed by atoms with E-state index in [1.807, 2.05) is 12.2 Å². The highest BCUT2D eigenvalue weighted by Crippen LogP contribution is 2.35. The number of amides is 1. The molecule has 1 amide bonds. The van der Waals surface area contributed by atoms with Crippen molar-refractivity contribution < 1.29 is 19.8 Å². The molecule has 0 aromatic rings. The second-order valence-corrected chi connectivity index (χ2v) is 4.41. The summed E-state index contributed by atoms with van der Waals surface area (Å²) in [6.07, 6.45) is 3.77. The van der Waals surface area contributed by atoms with Crippen molar-refractivity contribution in [1.29, 1.82) is 0 Å². The molecule has 2 aliphatic rings. The number of hydrogen-bond donors (Lipinski definition) is 2. The summed E-state index contributed by atoms with van der Waals surface area (Å²) < 4.78 is 0. The average molecular weight is 237 g/mol. The summed E-state index contributed by atoms with van der Waals surface area (Å²) in [5.41, 5.74) is 1.75. The molecule has 0 spiro atoms. The van der Waals surface area contributed by atoms with Gasteiger partial charge in [0.25, 0.3) is 0 Å². The number of carboxylic acid groups (broad SMARTS) is 2. The number of allylic oxidation sites excluding steroid dienone is 1. The molecule has 17 heavy (non-hydrogen) atoms. The lowest BCUT2D eigenvalue weighted by molar-refractivity contribution is -0.140. The summed E-state index contributed by atoms with van der Waals surface area (Å²) in [5.74, 6) is -1.30. The molecule has 0 saturated heterocycles. The van der Waals surface area contributed by atoms with Crippen LogP contribution in [0.1, 0.15) is 19.8 Å². The van der Waals surface area contributed by atoms with Gasteiger partial charge in [-0.3, -0.25) is 4.79 Å². The molecule has 0 bridgehead atoms. The number of aliphatic carboxylic acids is 1. The van der Waals surface area contributed by atoms with Gasteiger partial charge in [-0.15, -0.1) is 0 Å². The van der Waals surface area contributed by atoms with Gasteiger partial charge >= 0.3 is 12.1 Å². The average Bonchev–Trinajstić information content (AvgIpc) is 2.28. The highest BCUT2D eigenvalue weighted by atomic mass is 16.4. The first-order chi connectivity index (χ1) is 8.02. The number of nitrogens with zero attached hydrogens (tertiary/aromatic N) is 1. The third-order valence-electron chi connectivity index (χ3n) is 3.54. The Morgan fingerprint density at radius 2 is 2.12 bits per heavy atom. The van der Waals surface area contributed by atoms with Gasteiger partial charge in [0.05, 0.1) is 12.0 Å². The number of rotatable bonds is 1. The van der Waals surface area contributed by atoms with Crippen LogP contribution in [0.3, 0.4) is 0 Å². The minimum Gasteiger partial charge on any atom is -0.481 e. The van der Waals surface area contributed by atoms with Gasteiger partial charge in [0.15, 0.2) is 0 Å². The predicted molar refractivity (Wildman–Crippen MR) is 60.7 cm³/mol. The fourth-order valence-electron chi connectivity index (χ4n) is 2.62. The van der Waals surface area contributed by atoms with E-state index in [2.05, 4.69) is 0 Å². The third-order valence-corrected chi connectivity index (χ3v) is 3.54. The zero-order valence-electron chi connectivity index (χ0n) is 9.59. The molecule has 1 aliphatic heterocycles. The minimum absolute atomic E-state index is 0.255. The van der Waals surface area contributed by atoms with Gasteiger partial charge in [0.1, 0.15) is 0 Å². The van der Waals surface area contributed by atoms with Crippen molar-refractivity contribution in [2.75, 3.05) is 6.54 Å². The maximum absolute atomic E-state index is 11.1. The molecule has 5 heteroatoms. The van der Waals surface area contributed by atoms with E-state index in [-0.39, 0.29) is 6.04 Å². The molecule has 1 unspecified atom stereocenters. The lowest BCUT2D eigenvalue weighted by atomic mass is 9.80. The second kappa shape index (κ2) is 4.24. The first-order valence-corrected chi connectivity index (χ1v) is 5.64. The zero-order valence-corrected chi connectivity index (χ0v) is 9.59. The van der Waals surface area contributed by atoms with Gasteiger partial charge in [0, 0.05) is 6.54 Å². The monoisotopic (exact) mass is 237 g/mol. The van der Waals surface area contributed by atoms with Crippen LogP contribution in [-0.4, -0.2) is 39.8 Å². The normalized spacial score (nSPS) is 27.9. The second-order valence-electron chi connectivity index (χ2n) is 4.41. The number of hydrogen-bond acceptors (Lipinski definition) is 2. The Bertz CT molecular complexity index is 424. The Morgan fingerprint density at radius 3 is 2.71 bits per heavy atom. The van der Waals surface area contributed by atoms with Crippen molar-refractivity contribution in [3.05, 3.63) is 23.3 Å². The van der Waals surface area contributed by atoms with Crippen LogP contribution in [0.25, 0.3) is 0 Å². The Balaban J connectivity index is 2.34. The lowest BCUT2D eigenvalue weighted by Crippen LogP contribution is -2.44. The summed E-state index contributed by atoms with van der Waals surface area (Å²) >= 11 is 0. The van der Waals surface area contributed by atoms with Gasteiger partial charge < -0.3 is 15.1 Å². The quantitative estimate of drug-likeness (QED) is 0.727. The van der Waals surface area contributed by atoms with Crippen LogP contribution in [0.15, 0.2) is 23.3 Å². The zero-order chi connectivity index (χ0) is 12.6. The molecule has 0 radical (unpaired) electrons. The van der Waals surface area contributed by atoms with Crippen molar-refractivity contribution in [3.8, 4) is 0 Å². The highest BCUT2D eigenvalue weighted by Gasteiger charge is 2.34. The van der Waals surface area contributed by atoms with Crippen molar-refractivity contribution >= 4 is 12.1 Å². The van der Waals surface area contributed by atoms with Crippen LogP contribution in [0.2, 0.25) is 0 Å². The topological polar surface area (TPSA) is 77.8 Å². The standard InChI is InChI=1S/C12H15NO4/c1-7-8-3-2-4-10(11(14)15)9(8)5-6-13(7)12(16)17/h2-3,7,10H,4-6H2,1H3,(H,14,15)(H,16,17)/t7-,10?/m0/s1. The summed E-state index contributed by atoms with van der Waals surface area (Å²) in [6.45, 7) is 2.18. The molecule has 0 aromatic heterocycles. The summed E-state index contributed by atoms with van der Waals surface area (Å²) in [4.78, 5) is 23.5. The molecule has 0 aromatic carbocycles. The van der Waals surface area contributed by atoms with Crippen molar-refractivity contribution in [1.82, 2.24) is 4.90 Å². The maximum Gasteiger partial charge on any atom is 0.407 e. The van der Waals surface area contributed by atoms with Gasteiger partial charge in [-0.25, -0.2) is 4.79 Å². The van der Waals surface area contributed by atoms with Crippen molar-refractivity contribution in [3.63, 3.8) is 0 Å². The maximum atomic E-state index is 11.1. The third kappa shape index (κ3) is 1.92. The molecule has 5 nitrogen and oxygen atoms in total. The van der Waals surface area contributed by atoms with E-state index >= 15 is 0 Å². The molecule has 1 aliphatic carbocycles. The van der Waals surface area contributed by atoms with Crippen LogP contribution in [0, 0.1) is 5.92 Å². The molecular formula is C12H15NO4. The Hall–Kier alpha value is -1.78. The van der Waals surface area contributed by atoms with Crippen LogP contribution in [-0.2, 0) is 4.79 Å². The fourth-order valence-corrected chi connectivity index (χ4v) is 2.62. The number of carbonyl (C=O) groups is 2. The van der Waals surface area contributed by atoms with E-state index < -0.39 is 18.0 Å². The van der Waals surface area contributed by atoms with E-state index in [4.69, 9.17) is 10.2 Å².